The molecule has 0 radical (unpaired) electrons. The molecule has 21 nitrogen and oxygen atoms in total. The quantitative estimate of drug-likeness (QED) is 0.0603. The largest absolute Gasteiger partial charge is 0.488 e. The number of hydrogen-bond acceptors (Lipinski definition) is 14. The number of likely N-dealkylation sites (N-methyl/N-ethyl adjacent to an activating group) is 2. The van der Waals surface area contributed by atoms with Crippen LogP contribution in [0.1, 0.15) is 63.0 Å². The maximum atomic E-state index is 14.3. The van der Waals surface area contributed by atoms with Crippen molar-refractivity contribution in [3.05, 3.63) is 197 Å². The van der Waals surface area contributed by atoms with Crippen LogP contribution in [0.15, 0.2) is 128 Å². The summed E-state index contributed by atoms with van der Waals surface area (Å²) in [6, 6.07) is 22.8. The summed E-state index contributed by atoms with van der Waals surface area (Å²) < 4.78 is 95.2. The minimum absolute atomic E-state index is 0. The molecule has 442 valence electrons. The zero-order valence-electron chi connectivity index (χ0n) is 42.7. The second kappa shape index (κ2) is 32.3. The fraction of sp³-hybridized carbons (Fsp3) is 0.222. The van der Waals surface area contributed by atoms with Crippen LogP contribution >= 0.6 is 28.3 Å². The summed E-state index contributed by atoms with van der Waals surface area (Å²) in [6.45, 7) is 0.400. The molecule has 3 amide bonds. The second-order valence-corrected chi connectivity index (χ2v) is 17.2. The van der Waals surface area contributed by atoms with Gasteiger partial charge >= 0.3 is 11.9 Å². The average molecular weight is 1250 g/mol. The maximum Gasteiger partial charge on any atom is 0.359 e. The molecular formula is C54H56BrClF6N12O9. The van der Waals surface area contributed by atoms with Crippen LogP contribution < -0.4 is 30.3 Å². The molecule has 0 spiro atoms. The molecule has 0 bridgehead atoms. The van der Waals surface area contributed by atoms with E-state index in [2.05, 4.69) is 56.3 Å². The molecule has 0 fully saturated rings. The van der Waals surface area contributed by atoms with E-state index in [1.807, 2.05) is 0 Å². The third-order valence-electron chi connectivity index (χ3n) is 11.0. The number of hydrogen-bond donors (Lipinski definition) is 4. The molecule has 2 aliphatic heterocycles. The summed E-state index contributed by atoms with van der Waals surface area (Å²) in [6.07, 6.45) is 6.10. The lowest BCUT2D eigenvalue weighted by atomic mass is 10.2. The van der Waals surface area contributed by atoms with Crippen molar-refractivity contribution in [1.82, 2.24) is 45.0 Å². The Balaban J connectivity index is 0.000000291. The number of carbonyl (C=O) groups is 5. The van der Waals surface area contributed by atoms with E-state index in [-0.39, 0.29) is 82.6 Å². The molecule has 10 rings (SSSR count). The first kappa shape index (κ1) is 68.1. The van der Waals surface area contributed by atoms with E-state index >= 15 is 0 Å². The van der Waals surface area contributed by atoms with Gasteiger partial charge in [0.25, 0.3) is 11.8 Å². The SMILES string of the molecule is C.C.CN1C(=O)[C@@H](N)COc2cccnc21.CN1C(=O)[C@@H](NC(=O)c2nn(Cc3ccc(F)cc3)cc2F)COc2cccnc21.COC(=O)c1[nH]ncc1F.Cl.Fc1ccc(CBr)cc1.O=C(O)c1nn(Cc2ccc(F)cc2)cc1F. The number of amides is 3. The number of carboxylic acids is 1. The van der Waals surface area contributed by atoms with E-state index in [9.17, 15) is 50.3 Å². The third-order valence-corrected chi connectivity index (χ3v) is 11.6. The number of carboxylic acid groups (broad SMARTS) is 1. The maximum absolute atomic E-state index is 14.3. The lowest BCUT2D eigenvalue weighted by Crippen LogP contribution is -2.49. The highest BCUT2D eigenvalue weighted by molar-refractivity contribution is 9.08. The number of aromatic nitrogens is 8. The van der Waals surface area contributed by atoms with Crippen molar-refractivity contribution in [2.45, 2.75) is 45.4 Å². The van der Waals surface area contributed by atoms with Crippen molar-refractivity contribution < 1.29 is 69.6 Å². The Bertz CT molecular complexity index is 3410. The normalized spacial score (nSPS) is 13.6. The molecule has 2 aliphatic rings. The first-order chi connectivity index (χ1) is 38.3. The number of nitrogens with one attached hydrogen (secondary N) is 2. The van der Waals surface area contributed by atoms with Crippen LogP contribution in [0.5, 0.6) is 11.5 Å². The van der Waals surface area contributed by atoms with Gasteiger partial charge in [-0.25, -0.2) is 45.9 Å². The molecular weight excluding hydrogens is 1190 g/mol. The van der Waals surface area contributed by atoms with E-state index in [0.29, 0.717) is 34.3 Å². The number of pyridine rings is 2. The van der Waals surface area contributed by atoms with E-state index in [4.69, 9.17) is 20.3 Å². The Morgan fingerprint density at radius 3 is 1.58 bits per heavy atom. The molecule has 2 atom stereocenters. The number of halogens is 8. The van der Waals surface area contributed by atoms with Gasteiger partial charge in [-0.3, -0.25) is 38.6 Å². The Morgan fingerprint density at radius 2 is 1.14 bits per heavy atom. The molecule has 83 heavy (non-hydrogen) atoms. The predicted molar refractivity (Wildman–Crippen MR) is 297 cm³/mol. The molecule has 5 N–H and O–H groups in total. The lowest BCUT2D eigenvalue weighted by molar-refractivity contribution is -0.121. The highest BCUT2D eigenvalue weighted by Gasteiger charge is 2.33. The number of aromatic carboxylic acids is 1. The molecule has 8 aromatic rings. The van der Waals surface area contributed by atoms with Crippen LogP contribution in [0, 0.1) is 34.9 Å². The fourth-order valence-corrected chi connectivity index (χ4v) is 7.28. The third kappa shape index (κ3) is 19.0. The van der Waals surface area contributed by atoms with Crippen molar-refractivity contribution in [2.24, 2.45) is 5.73 Å². The molecule has 3 aromatic carbocycles. The number of rotatable bonds is 9. The summed E-state index contributed by atoms with van der Waals surface area (Å²) >= 11 is 3.26. The first-order valence-corrected chi connectivity index (χ1v) is 24.4. The van der Waals surface area contributed by atoms with Crippen molar-refractivity contribution in [1.29, 1.82) is 0 Å². The van der Waals surface area contributed by atoms with Gasteiger partial charge in [-0.1, -0.05) is 67.2 Å². The average Bonchev–Trinajstić information content (AvgIpc) is 4.15. The monoisotopic (exact) mass is 1240 g/mol. The van der Waals surface area contributed by atoms with Gasteiger partial charge in [0.2, 0.25) is 11.6 Å². The lowest BCUT2D eigenvalue weighted by Gasteiger charge is -2.19. The van der Waals surface area contributed by atoms with Crippen LogP contribution in [-0.2, 0) is 32.7 Å². The number of methoxy groups -OCH3 is 1. The van der Waals surface area contributed by atoms with Crippen molar-refractivity contribution in [2.75, 3.05) is 44.2 Å². The fourth-order valence-electron chi connectivity index (χ4n) is 6.91. The number of H-pyrrole nitrogens is 1. The molecule has 29 heteroatoms. The number of carbonyl (C=O) groups excluding carboxylic acids is 4. The van der Waals surface area contributed by atoms with Crippen LogP contribution in [0.4, 0.5) is 38.0 Å². The standard InChI is InChI=1S/C20H17F2N5O3.C11H8F2N2O2.C9H11N3O2.C7H6BrF.C5H5FN2O2.2CH4.ClH/c1-26-18-16(3-2-8-23-18)30-11-15(20(26)29)24-19(28)17-14(22)10-27(25-17)9-12-4-6-13(21)7-5-12;12-8-3-1-7(2-4-8)5-15-6-9(13)10(14-15)11(16)17;1-12-8-7(3-2-4-11-8)14-5-6(10)9(12)13;8-5-6-1-3-7(9)4-2-6;1-10-5(9)4-3(6)2-7-8-4;;;/h2-8,10,15H,9,11H2,1H3,(H,24,28);1-4,6H,5H2,(H,16,17);2-4,6H,5,10H2,1H3;1-4H,5H2;2H,1H3,(H,7,8);2*1H4;1H/t15-;;6-;;;;;/m0.0...../s1. The van der Waals surface area contributed by atoms with Crippen molar-refractivity contribution >= 4 is 69.6 Å². The van der Waals surface area contributed by atoms with E-state index in [1.165, 1.54) is 95.5 Å². The van der Waals surface area contributed by atoms with Gasteiger partial charge in [0.05, 0.1) is 38.8 Å². The zero-order chi connectivity index (χ0) is 58.0. The van der Waals surface area contributed by atoms with E-state index < -0.39 is 64.7 Å². The number of aromatic amines is 1. The predicted octanol–water partition coefficient (Wildman–Crippen LogP) is 8.18. The van der Waals surface area contributed by atoms with Gasteiger partial charge in [-0.15, -0.1) is 12.4 Å². The molecule has 0 unspecified atom stereocenters. The van der Waals surface area contributed by atoms with Crippen molar-refractivity contribution in [3.8, 4) is 11.5 Å². The number of nitrogens with zero attached hydrogens (tertiary/aromatic N) is 9. The molecule has 0 saturated carbocycles. The number of fused-ring (bicyclic) bond motifs is 2. The molecule has 7 heterocycles. The minimum atomic E-state index is -1.42. The summed E-state index contributed by atoms with van der Waals surface area (Å²) in [4.78, 5) is 68.8. The Labute approximate surface area is 485 Å². The molecule has 0 aliphatic carbocycles. The van der Waals surface area contributed by atoms with Gasteiger partial charge < -0.3 is 30.4 Å². The Morgan fingerprint density at radius 1 is 0.699 bits per heavy atom. The second-order valence-electron chi connectivity index (χ2n) is 16.6. The number of benzene rings is 3. The highest BCUT2D eigenvalue weighted by atomic mass is 79.9. The number of nitrogens with two attached hydrogens (primary N) is 1. The number of esters is 1. The topological polar surface area (TPSA) is 268 Å². The van der Waals surface area contributed by atoms with Crippen LogP contribution in [0.25, 0.3) is 0 Å². The van der Waals surface area contributed by atoms with Crippen LogP contribution in [0.2, 0.25) is 0 Å². The van der Waals surface area contributed by atoms with Gasteiger partial charge in [0.15, 0.2) is 52.0 Å². The highest BCUT2D eigenvalue weighted by Crippen LogP contribution is 2.28. The number of ether oxygens (including phenoxy) is 3. The Kier molecular flexibility index (Phi) is 26.5. The first-order valence-electron chi connectivity index (χ1n) is 23.3. The van der Waals surface area contributed by atoms with Gasteiger partial charge in [0, 0.05) is 31.8 Å². The summed E-state index contributed by atoms with van der Waals surface area (Å²) in [5.74, 6) is -5.17. The minimum Gasteiger partial charge on any atom is -0.488 e. The summed E-state index contributed by atoms with van der Waals surface area (Å²) in [7, 11) is 4.32. The summed E-state index contributed by atoms with van der Waals surface area (Å²) in [5.41, 5.74) is 6.77. The van der Waals surface area contributed by atoms with Gasteiger partial charge in [0.1, 0.15) is 42.7 Å². The number of alkyl halides is 1. The van der Waals surface area contributed by atoms with Crippen LogP contribution in [-0.4, -0.2) is 121 Å². The van der Waals surface area contributed by atoms with Crippen molar-refractivity contribution in [3.63, 3.8) is 0 Å². The Hall–Kier alpha value is -9.15. The zero-order valence-corrected chi connectivity index (χ0v) is 45.1. The number of anilines is 2. The van der Waals surface area contributed by atoms with Gasteiger partial charge in [-0.05, 0) is 77.4 Å². The molecule has 0 saturated heterocycles. The van der Waals surface area contributed by atoms with Gasteiger partial charge in [-0.2, -0.15) is 15.3 Å². The smallest absolute Gasteiger partial charge is 0.359 e. The molecule has 5 aromatic heterocycles. The van der Waals surface area contributed by atoms with E-state index in [0.717, 1.165) is 34.2 Å². The van der Waals surface area contributed by atoms with Crippen LogP contribution in [0.3, 0.4) is 0 Å². The summed E-state index contributed by atoms with van der Waals surface area (Å²) in [5, 5.41) is 24.8. The van der Waals surface area contributed by atoms with E-state index in [1.54, 1.807) is 49.6 Å².